The molecule has 5 heteroatoms. The molecule has 2 rings (SSSR count). The molecule has 0 aromatic heterocycles. The first-order valence-electron chi connectivity index (χ1n) is 7.68. The van der Waals surface area contributed by atoms with E-state index in [9.17, 15) is 4.79 Å². The Bertz CT molecular complexity index is 484. The van der Waals surface area contributed by atoms with Crippen molar-refractivity contribution in [2.45, 2.75) is 38.6 Å². The minimum Gasteiger partial charge on any atom is -0.398 e. The van der Waals surface area contributed by atoms with Crippen molar-refractivity contribution in [2.24, 2.45) is 0 Å². The first kappa shape index (κ1) is 16.1. The van der Waals surface area contributed by atoms with Gasteiger partial charge in [-0.3, -0.25) is 4.79 Å². The van der Waals surface area contributed by atoms with Crippen LogP contribution in [0.25, 0.3) is 0 Å². The highest BCUT2D eigenvalue weighted by Gasteiger charge is 2.20. The van der Waals surface area contributed by atoms with Gasteiger partial charge in [0.1, 0.15) is 0 Å². The van der Waals surface area contributed by atoms with E-state index in [4.69, 9.17) is 17.3 Å². The average molecular weight is 310 g/mol. The van der Waals surface area contributed by atoms with Gasteiger partial charge < -0.3 is 16.0 Å². The molecule has 116 valence electrons. The molecule has 4 nitrogen and oxygen atoms in total. The number of nitrogens with one attached hydrogen (secondary N) is 1. The molecule has 1 aromatic carbocycles. The van der Waals surface area contributed by atoms with E-state index in [1.807, 2.05) is 0 Å². The number of nitrogens with two attached hydrogens (primary N) is 1. The van der Waals surface area contributed by atoms with E-state index in [0.717, 1.165) is 25.9 Å². The zero-order valence-electron chi connectivity index (χ0n) is 12.6. The molecule has 1 aliphatic rings. The van der Waals surface area contributed by atoms with E-state index in [1.54, 1.807) is 18.2 Å². The third kappa shape index (κ3) is 4.61. The largest absolute Gasteiger partial charge is 0.398 e. The zero-order valence-corrected chi connectivity index (χ0v) is 13.3. The molecule has 0 unspecified atom stereocenters. The summed E-state index contributed by atoms with van der Waals surface area (Å²) in [7, 11) is 0. The van der Waals surface area contributed by atoms with Crippen LogP contribution in [-0.4, -0.2) is 36.5 Å². The number of piperidine rings is 1. The molecular weight excluding hydrogens is 286 g/mol. The van der Waals surface area contributed by atoms with E-state index in [-0.39, 0.29) is 11.9 Å². The number of anilines is 1. The lowest BCUT2D eigenvalue weighted by molar-refractivity contribution is 0.0911. The van der Waals surface area contributed by atoms with Crippen LogP contribution in [0.3, 0.4) is 0 Å². The molecule has 1 heterocycles. The molecule has 0 atom stereocenters. The summed E-state index contributed by atoms with van der Waals surface area (Å²) < 4.78 is 0. The zero-order chi connectivity index (χ0) is 15.2. The van der Waals surface area contributed by atoms with Crippen molar-refractivity contribution in [1.82, 2.24) is 10.2 Å². The lowest BCUT2D eigenvalue weighted by Crippen LogP contribution is -2.44. The van der Waals surface area contributed by atoms with Crippen LogP contribution in [0, 0.1) is 0 Å². The third-order valence-electron chi connectivity index (χ3n) is 4.01. The van der Waals surface area contributed by atoms with Crippen molar-refractivity contribution in [3.8, 4) is 0 Å². The number of nitrogens with zero attached hydrogens (tertiary/aromatic N) is 1. The number of carbonyl (C=O) groups excluding carboxylic acids is 1. The van der Waals surface area contributed by atoms with Crippen molar-refractivity contribution >= 4 is 23.2 Å². The van der Waals surface area contributed by atoms with Crippen molar-refractivity contribution in [3.63, 3.8) is 0 Å². The van der Waals surface area contributed by atoms with Crippen LogP contribution in [0.15, 0.2) is 18.2 Å². The van der Waals surface area contributed by atoms with E-state index in [0.29, 0.717) is 16.3 Å². The van der Waals surface area contributed by atoms with Crippen molar-refractivity contribution < 1.29 is 4.79 Å². The van der Waals surface area contributed by atoms with Gasteiger partial charge in [0.25, 0.3) is 5.91 Å². The van der Waals surface area contributed by atoms with Gasteiger partial charge in [-0.15, -0.1) is 0 Å². The maximum absolute atomic E-state index is 12.2. The topological polar surface area (TPSA) is 58.4 Å². The smallest absolute Gasteiger partial charge is 0.251 e. The lowest BCUT2D eigenvalue weighted by atomic mass is 10.0. The predicted octanol–water partition coefficient (Wildman–Crippen LogP) is 2.92. The first-order valence-corrected chi connectivity index (χ1v) is 8.06. The van der Waals surface area contributed by atoms with Gasteiger partial charge in [0.2, 0.25) is 0 Å². The summed E-state index contributed by atoms with van der Waals surface area (Å²) in [5.74, 6) is -0.0658. The fourth-order valence-electron chi connectivity index (χ4n) is 2.62. The van der Waals surface area contributed by atoms with Crippen LogP contribution >= 0.6 is 11.6 Å². The quantitative estimate of drug-likeness (QED) is 0.822. The number of nitrogen functional groups attached to an aromatic ring is 1. The van der Waals surface area contributed by atoms with Gasteiger partial charge in [-0.05, 0) is 44.0 Å². The summed E-state index contributed by atoms with van der Waals surface area (Å²) in [6.45, 7) is 5.51. The van der Waals surface area contributed by atoms with Crippen LogP contribution in [0.4, 0.5) is 5.69 Å². The maximum atomic E-state index is 12.2. The van der Waals surface area contributed by atoms with Crippen molar-refractivity contribution in [3.05, 3.63) is 28.8 Å². The maximum Gasteiger partial charge on any atom is 0.251 e. The molecule has 0 aliphatic carbocycles. The SMILES string of the molecule is CCCCN1CCC(NC(=O)c2ccc(N)c(Cl)c2)CC1. The number of unbranched alkanes of at least 4 members (excludes halogenated alkanes) is 1. The third-order valence-corrected chi connectivity index (χ3v) is 4.34. The van der Waals surface area contributed by atoms with Gasteiger partial charge in [-0.25, -0.2) is 0 Å². The molecule has 0 saturated carbocycles. The molecule has 1 fully saturated rings. The molecule has 1 saturated heterocycles. The molecule has 1 aliphatic heterocycles. The van der Waals surface area contributed by atoms with Gasteiger partial charge in [0.15, 0.2) is 0 Å². The number of hydrogen-bond acceptors (Lipinski definition) is 3. The Labute approximate surface area is 131 Å². The van der Waals surface area contributed by atoms with Crippen LogP contribution in [-0.2, 0) is 0 Å². The van der Waals surface area contributed by atoms with E-state index < -0.39 is 0 Å². The monoisotopic (exact) mass is 309 g/mol. The Balaban J connectivity index is 1.82. The standard InChI is InChI=1S/C16H24ClN3O/c1-2-3-8-20-9-6-13(7-10-20)19-16(21)12-4-5-15(18)14(17)11-12/h4-5,11,13H,2-3,6-10,18H2,1H3,(H,19,21). The number of rotatable bonds is 5. The number of likely N-dealkylation sites (tertiary alicyclic amines) is 1. The fraction of sp³-hybridized carbons (Fsp3) is 0.562. The molecule has 0 radical (unpaired) electrons. The average Bonchev–Trinajstić information content (AvgIpc) is 2.49. The number of carbonyl (C=O) groups is 1. The van der Waals surface area contributed by atoms with Gasteiger partial charge >= 0.3 is 0 Å². The molecule has 1 aromatic rings. The Morgan fingerprint density at radius 1 is 1.43 bits per heavy atom. The summed E-state index contributed by atoms with van der Waals surface area (Å²) in [5, 5.41) is 3.52. The summed E-state index contributed by atoms with van der Waals surface area (Å²) in [6, 6.07) is 5.27. The van der Waals surface area contributed by atoms with Crippen molar-refractivity contribution in [2.75, 3.05) is 25.4 Å². The molecule has 0 bridgehead atoms. The number of halogens is 1. The summed E-state index contributed by atoms with van der Waals surface area (Å²) in [5.41, 5.74) is 6.73. The van der Waals surface area contributed by atoms with E-state index in [2.05, 4.69) is 17.1 Å². The number of amides is 1. The summed E-state index contributed by atoms with van der Waals surface area (Å²) in [4.78, 5) is 14.7. The second-order valence-electron chi connectivity index (χ2n) is 5.68. The molecular formula is C16H24ClN3O. The molecule has 3 N–H and O–H groups in total. The minimum absolute atomic E-state index is 0.0658. The number of hydrogen-bond donors (Lipinski definition) is 2. The van der Waals surface area contributed by atoms with Gasteiger partial charge in [0, 0.05) is 24.7 Å². The highest BCUT2D eigenvalue weighted by Crippen LogP contribution is 2.20. The van der Waals surface area contributed by atoms with E-state index >= 15 is 0 Å². The van der Waals surface area contributed by atoms with Crippen LogP contribution < -0.4 is 11.1 Å². The lowest BCUT2D eigenvalue weighted by Gasteiger charge is -2.32. The van der Waals surface area contributed by atoms with E-state index in [1.165, 1.54) is 19.4 Å². The normalized spacial score (nSPS) is 16.9. The van der Waals surface area contributed by atoms with Crippen LogP contribution in [0.2, 0.25) is 5.02 Å². The van der Waals surface area contributed by atoms with Gasteiger partial charge in [-0.2, -0.15) is 0 Å². The summed E-state index contributed by atoms with van der Waals surface area (Å²) in [6.07, 6.45) is 4.51. The Hall–Kier alpha value is -1.26. The molecule has 1 amide bonds. The Kier molecular flexibility index (Phi) is 5.88. The Morgan fingerprint density at radius 3 is 2.76 bits per heavy atom. The van der Waals surface area contributed by atoms with Crippen LogP contribution in [0.1, 0.15) is 43.0 Å². The second kappa shape index (κ2) is 7.66. The highest BCUT2D eigenvalue weighted by atomic mass is 35.5. The van der Waals surface area contributed by atoms with Gasteiger partial charge in [0.05, 0.1) is 10.7 Å². The minimum atomic E-state index is -0.0658. The van der Waals surface area contributed by atoms with Crippen molar-refractivity contribution in [1.29, 1.82) is 0 Å². The summed E-state index contributed by atoms with van der Waals surface area (Å²) >= 11 is 5.96. The van der Waals surface area contributed by atoms with Gasteiger partial charge in [-0.1, -0.05) is 24.9 Å². The predicted molar refractivity (Wildman–Crippen MR) is 87.7 cm³/mol. The molecule has 21 heavy (non-hydrogen) atoms. The Morgan fingerprint density at radius 2 is 2.14 bits per heavy atom. The van der Waals surface area contributed by atoms with Crippen LogP contribution in [0.5, 0.6) is 0 Å². The highest BCUT2D eigenvalue weighted by molar-refractivity contribution is 6.33. The fourth-order valence-corrected chi connectivity index (χ4v) is 2.80. The second-order valence-corrected chi connectivity index (χ2v) is 6.09. The number of benzene rings is 1. The molecule has 0 spiro atoms. The first-order chi connectivity index (χ1) is 10.1.